The summed E-state index contributed by atoms with van der Waals surface area (Å²) in [5.41, 5.74) is 7.13. The molecule has 0 amide bonds. The van der Waals surface area contributed by atoms with Crippen LogP contribution in [0.2, 0.25) is 0 Å². The summed E-state index contributed by atoms with van der Waals surface area (Å²) in [4.78, 5) is 20.4. The van der Waals surface area contributed by atoms with E-state index in [4.69, 9.17) is 4.99 Å². The molecule has 36 heavy (non-hydrogen) atoms. The second-order valence-corrected chi connectivity index (χ2v) is 9.74. The SMILES string of the molecule is C=C(c1ccc(NC=NC(C)=NC2CCN(C)CC2)cc1)c1c(/C(C=NC)=C/C(C)C)ccnc1C. The third kappa shape index (κ3) is 7.56. The Labute approximate surface area is 216 Å². The van der Waals surface area contributed by atoms with Crippen molar-refractivity contribution >= 4 is 35.2 Å². The molecule has 0 atom stereocenters. The fourth-order valence-corrected chi connectivity index (χ4v) is 4.42. The number of amidine groups is 1. The summed E-state index contributed by atoms with van der Waals surface area (Å²) in [6.45, 7) is 15.0. The van der Waals surface area contributed by atoms with Gasteiger partial charge in [0.05, 0.1) is 12.4 Å². The van der Waals surface area contributed by atoms with E-state index in [2.05, 4.69) is 70.9 Å². The first-order valence-corrected chi connectivity index (χ1v) is 12.7. The zero-order valence-electron chi connectivity index (χ0n) is 22.6. The van der Waals surface area contributed by atoms with Crippen molar-refractivity contribution in [2.45, 2.75) is 46.6 Å². The molecule has 1 aliphatic heterocycles. The second-order valence-electron chi connectivity index (χ2n) is 9.74. The Morgan fingerprint density at radius 1 is 1.17 bits per heavy atom. The standard InChI is InChI=1S/C30H40N6/c1-21(2)18-26(19-31-6)29-12-15-32-23(4)30(29)22(3)25-8-10-27(11-9-25)34-20-33-24(5)35-28-13-16-36(7)17-14-28/h8-12,15,18-21,28H,3,13-14,16-17H2,1-2,4-7H3,(H,33,34,35)/b26-18+,31-19?. The van der Waals surface area contributed by atoms with Crippen LogP contribution in [-0.2, 0) is 0 Å². The van der Waals surface area contributed by atoms with E-state index in [0.29, 0.717) is 12.0 Å². The van der Waals surface area contributed by atoms with Gasteiger partial charge >= 0.3 is 0 Å². The van der Waals surface area contributed by atoms with Crippen LogP contribution in [0, 0.1) is 12.8 Å². The van der Waals surface area contributed by atoms with Crippen molar-refractivity contribution < 1.29 is 0 Å². The summed E-state index contributed by atoms with van der Waals surface area (Å²) >= 11 is 0. The van der Waals surface area contributed by atoms with Crippen LogP contribution in [0.4, 0.5) is 5.69 Å². The first kappa shape index (κ1) is 27.2. The van der Waals surface area contributed by atoms with Gasteiger partial charge in [-0.15, -0.1) is 0 Å². The molecule has 0 spiro atoms. The summed E-state index contributed by atoms with van der Waals surface area (Å²) in [6.07, 6.45) is 9.90. The quantitative estimate of drug-likeness (QED) is 0.361. The Morgan fingerprint density at radius 3 is 2.50 bits per heavy atom. The molecular weight excluding hydrogens is 444 g/mol. The van der Waals surface area contributed by atoms with Gasteiger partial charge in [0.25, 0.3) is 0 Å². The maximum Gasteiger partial charge on any atom is 0.122 e. The van der Waals surface area contributed by atoms with Crippen LogP contribution in [0.25, 0.3) is 11.1 Å². The van der Waals surface area contributed by atoms with Crippen molar-refractivity contribution in [1.29, 1.82) is 0 Å². The van der Waals surface area contributed by atoms with Gasteiger partial charge in [0, 0.05) is 36.4 Å². The number of allylic oxidation sites excluding steroid dienone is 2. The van der Waals surface area contributed by atoms with E-state index in [1.54, 1.807) is 13.4 Å². The molecular formula is C30H40N6. The average molecular weight is 485 g/mol. The van der Waals surface area contributed by atoms with Gasteiger partial charge in [-0.25, -0.2) is 4.99 Å². The molecule has 0 radical (unpaired) electrons. The molecule has 0 saturated carbocycles. The monoisotopic (exact) mass is 484 g/mol. The fourth-order valence-electron chi connectivity index (χ4n) is 4.42. The molecule has 0 unspecified atom stereocenters. The Hall–Kier alpha value is -3.38. The summed E-state index contributed by atoms with van der Waals surface area (Å²) < 4.78 is 0. The van der Waals surface area contributed by atoms with Crippen LogP contribution in [0.15, 0.2) is 64.2 Å². The van der Waals surface area contributed by atoms with Crippen LogP contribution in [-0.4, -0.2) is 61.5 Å². The highest BCUT2D eigenvalue weighted by molar-refractivity contribution is 6.12. The first-order valence-electron chi connectivity index (χ1n) is 12.7. The number of pyridine rings is 1. The number of aromatic nitrogens is 1. The number of hydrogen-bond acceptors (Lipinski definition) is 4. The lowest BCUT2D eigenvalue weighted by Gasteiger charge is -2.26. The lowest BCUT2D eigenvalue weighted by Crippen LogP contribution is -2.32. The van der Waals surface area contributed by atoms with Crippen LogP contribution in [0.1, 0.15) is 56.0 Å². The van der Waals surface area contributed by atoms with E-state index >= 15 is 0 Å². The molecule has 1 fully saturated rings. The van der Waals surface area contributed by atoms with Crippen molar-refractivity contribution in [2.75, 3.05) is 32.5 Å². The highest BCUT2D eigenvalue weighted by Gasteiger charge is 2.16. The minimum atomic E-state index is 0.379. The highest BCUT2D eigenvalue weighted by atomic mass is 15.1. The van der Waals surface area contributed by atoms with Gasteiger partial charge in [-0.2, -0.15) is 0 Å². The van der Waals surface area contributed by atoms with Crippen molar-refractivity contribution in [1.82, 2.24) is 9.88 Å². The smallest absolute Gasteiger partial charge is 0.122 e. The molecule has 3 rings (SSSR count). The number of likely N-dealkylation sites (tertiary alicyclic amines) is 1. The molecule has 190 valence electrons. The van der Waals surface area contributed by atoms with Crippen LogP contribution < -0.4 is 5.32 Å². The highest BCUT2D eigenvalue weighted by Crippen LogP contribution is 2.31. The maximum atomic E-state index is 4.75. The molecule has 6 heteroatoms. The summed E-state index contributed by atoms with van der Waals surface area (Å²) in [5.74, 6) is 1.21. The van der Waals surface area contributed by atoms with Crippen molar-refractivity contribution in [3.63, 3.8) is 0 Å². The van der Waals surface area contributed by atoms with Crippen molar-refractivity contribution in [3.8, 4) is 0 Å². The molecule has 2 aromatic rings. The molecule has 1 aromatic heterocycles. The summed E-state index contributed by atoms with van der Waals surface area (Å²) in [7, 11) is 3.96. The molecule has 0 bridgehead atoms. The second kappa shape index (κ2) is 13.1. The van der Waals surface area contributed by atoms with Gasteiger partial charge in [-0.1, -0.05) is 38.6 Å². The number of nitrogens with one attached hydrogen (secondary N) is 1. The Morgan fingerprint density at radius 2 is 1.86 bits per heavy atom. The van der Waals surface area contributed by atoms with Crippen molar-refractivity contribution in [2.24, 2.45) is 20.9 Å². The normalized spacial score (nSPS) is 16.4. The predicted octanol–water partition coefficient (Wildman–Crippen LogP) is 6.14. The number of benzene rings is 1. The zero-order chi connectivity index (χ0) is 26.1. The van der Waals surface area contributed by atoms with E-state index < -0.39 is 0 Å². The number of rotatable bonds is 8. The van der Waals surface area contributed by atoms with Crippen molar-refractivity contribution in [3.05, 3.63) is 71.6 Å². The van der Waals surface area contributed by atoms with Crippen LogP contribution in [0.3, 0.4) is 0 Å². The van der Waals surface area contributed by atoms with Gasteiger partial charge < -0.3 is 10.2 Å². The molecule has 1 aliphatic rings. The molecule has 1 saturated heterocycles. The lowest BCUT2D eigenvalue weighted by molar-refractivity contribution is 0.257. The summed E-state index contributed by atoms with van der Waals surface area (Å²) in [5, 5.41) is 3.26. The van der Waals surface area contributed by atoms with E-state index in [1.165, 1.54) is 0 Å². The maximum absolute atomic E-state index is 4.75. The van der Waals surface area contributed by atoms with Gasteiger partial charge in [0.15, 0.2) is 0 Å². The number of anilines is 1. The Balaban J connectivity index is 1.73. The number of piperidine rings is 1. The van der Waals surface area contributed by atoms with E-state index in [0.717, 1.165) is 71.0 Å². The van der Waals surface area contributed by atoms with Crippen LogP contribution in [0.5, 0.6) is 0 Å². The molecule has 1 aromatic carbocycles. The molecule has 6 nitrogen and oxygen atoms in total. The molecule has 1 N–H and O–H groups in total. The lowest BCUT2D eigenvalue weighted by atomic mass is 9.90. The molecule has 2 heterocycles. The predicted molar refractivity (Wildman–Crippen MR) is 157 cm³/mol. The van der Waals surface area contributed by atoms with Crippen LogP contribution >= 0.6 is 0 Å². The third-order valence-corrected chi connectivity index (χ3v) is 6.31. The van der Waals surface area contributed by atoms with Gasteiger partial charge in [0.2, 0.25) is 0 Å². The summed E-state index contributed by atoms with van der Waals surface area (Å²) in [6, 6.07) is 10.7. The average Bonchev–Trinajstić information content (AvgIpc) is 2.85. The molecule has 0 aliphatic carbocycles. The third-order valence-electron chi connectivity index (χ3n) is 6.31. The van der Waals surface area contributed by atoms with Gasteiger partial charge in [0.1, 0.15) is 5.84 Å². The van der Waals surface area contributed by atoms with E-state index in [1.807, 2.05) is 44.5 Å². The minimum Gasteiger partial charge on any atom is -0.346 e. The Bertz CT molecular complexity index is 1150. The number of aliphatic imine (C=N–C) groups is 3. The van der Waals surface area contributed by atoms with Gasteiger partial charge in [-0.05, 0) is 93.2 Å². The Kier molecular flexibility index (Phi) is 9.88. The van der Waals surface area contributed by atoms with E-state index in [-0.39, 0.29) is 0 Å². The largest absolute Gasteiger partial charge is 0.346 e. The minimum absolute atomic E-state index is 0.379. The van der Waals surface area contributed by atoms with Gasteiger partial charge in [-0.3, -0.25) is 15.0 Å². The number of aryl methyl sites for hydroxylation is 1. The topological polar surface area (TPSA) is 65.2 Å². The zero-order valence-corrected chi connectivity index (χ0v) is 22.6. The van der Waals surface area contributed by atoms with E-state index in [9.17, 15) is 0 Å². The number of hydrogen-bond donors (Lipinski definition) is 1. The number of nitrogens with zero attached hydrogens (tertiary/aromatic N) is 5. The fraction of sp³-hybridized carbons (Fsp3) is 0.400. The first-order chi connectivity index (χ1) is 17.3.